The summed E-state index contributed by atoms with van der Waals surface area (Å²) in [5, 5.41) is 10.7. The smallest absolute Gasteiger partial charge is 0.271 e. The first-order valence-corrected chi connectivity index (χ1v) is 8.93. The van der Waals surface area contributed by atoms with Gasteiger partial charge in [0.2, 0.25) is 10.0 Å². The van der Waals surface area contributed by atoms with E-state index in [0.29, 0.717) is 0 Å². The number of nitro benzene ring substituents is 1. The fourth-order valence-corrected chi connectivity index (χ4v) is 3.65. The second kappa shape index (κ2) is 7.59. The molecule has 0 amide bonds. The van der Waals surface area contributed by atoms with Crippen molar-refractivity contribution in [1.82, 2.24) is 4.72 Å². The molecule has 0 aliphatic carbocycles. The fraction of sp³-hybridized carbons (Fsp3) is 0.455. The normalized spacial score (nSPS) is 12.9. The van der Waals surface area contributed by atoms with Crippen molar-refractivity contribution in [2.45, 2.75) is 11.8 Å². The first-order valence-electron chi connectivity index (χ1n) is 6.05. The summed E-state index contributed by atoms with van der Waals surface area (Å²) >= 11 is 1.63. The molecule has 1 aromatic rings. The molecular formula is C11H18N4O4S2. The number of hydrazine groups is 1. The van der Waals surface area contributed by atoms with Crippen molar-refractivity contribution in [3.8, 4) is 0 Å². The molecule has 0 aliphatic heterocycles. The van der Waals surface area contributed by atoms with Crippen LogP contribution in [-0.4, -0.2) is 31.9 Å². The number of rotatable bonds is 8. The van der Waals surface area contributed by atoms with E-state index in [4.69, 9.17) is 5.84 Å². The highest BCUT2D eigenvalue weighted by atomic mass is 32.2. The van der Waals surface area contributed by atoms with E-state index < -0.39 is 14.9 Å². The summed E-state index contributed by atoms with van der Waals surface area (Å²) in [6.07, 6.45) is 1.94. The number of benzene rings is 1. The van der Waals surface area contributed by atoms with Gasteiger partial charge >= 0.3 is 0 Å². The lowest BCUT2D eigenvalue weighted by molar-refractivity contribution is -0.384. The molecule has 0 aromatic heterocycles. The maximum atomic E-state index is 12.2. The Morgan fingerprint density at radius 1 is 1.48 bits per heavy atom. The molecule has 0 fully saturated rings. The topological polar surface area (TPSA) is 127 Å². The van der Waals surface area contributed by atoms with Crippen LogP contribution in [0.3, 0.4) is 0 Å². The molecule has 1 rings (SSSR count). The van der Waals surface area contributed by atoms with Crippen LogP contribution in [0.4, 0.5) is 11.4 Å². The number of nitrogen functional groups attached to an aromatic ring is 1. The maximum absolute atomic E-state index is 12.2. The van der Waals surface area contributed by atoms with Gasteiger partial charge in [0, 0.05) is 18.7 Å². The summed E-state index contributed by atoms with van der Waals surface area (Å²) in [4.78, 5) is 9.95. The van der Waals surface area contributed by atoms with Crippen molar-refractivity contribution in [2.75, 3.05) is 24.0 Å². The standard InChI is InChI=1S/C11H18N4O4S2/c1-8(7-20-2)6-13-21(18,19)11-4-3-9(15(16)17)5-10(11)14-12/h3-5,8,13-14H,6-7,12H2,1-2H3. The Labute approximate surface area is 127 Å². The van der Waals surface area contributed by atoms with E-state index in [1.807, 2.05) is 13.2 Å². The molecule has 0 saturated carbocycles. The number of hydrogen-bond acceptors (Lipinski definition) is 7. The average molecular weight is 334 g/mol. The van der Waals surface area contributed by atoms with Gasteiger partial charge in [-0.2, -0.15) is 11.8 Å². The molecule has 118 valence electrons. The van der Waals surface area contributed by atoms with Gasteiger partial charge in [0.1, 0.15) is 4.90 Å². The van der Waals surface area contributed by atoms with Crippen molar-refractivity contribution < 1.29 is 13.3 Å². The van der Waals surface area contributed by atoms with Crippen LogP contribution in [-0.2, 0) is 10.0 Å². The zero-order valence-corrected chi connectivity index (χ0v) is 13.3. The number of thioether (sulfide) groups is 1. The first kappa shape index (κ1) is 17.7. The predicted octanol–water partition coefficient (Wildman–Crippen LogP) is 1.16. The maximum Gasteiger partial charge on any atom is 0.271 e. The second-order valence-corrected chi connectivity index (χ2v) is 7.14. The van der Waals surface area contributed by atoms with E-state index >= 15 is 0 Å². The van der Waals surface area contributed by atoms with Gasteiger partial charge in [0.25, 0.3) is 5.69 Å². The van der Waals surface area contributed by atoms with E-state index in [0.717, 1.165) is 24.0 Å². The van der Waals surface area contributed by atoms with E-state index in [2.05, 4.69) is 10.1 Å². The molecule has 8 nitrogen and oxygen atoms in total. The Kier molecular flexibility index (Phi) is 6.40. The molecule has 1 atom stereocenters. The molecule has 0 bridgehead atoms. The Hall–Kier alpha value is -1.36. The molecule has 0 heterocycles. The highest BCUT2D eigenvalue weighted by Crippen LogP contribution is 2.25. The lowest BCUT2D eigenvalue weighted by atomic mass is 10.2. The molecular weight excluding hydrogens is 316 g/mol. The highest BCUT2D eigenvalue weighted by molar-refractivity contribution is 7.98. The number of anilines is 1. The lowest BCUT2D eigenvalue weighted by Crippen LogP contribution is -2.30. The third-order valence-corrected chi connectivity index (χ3v) is 5.08. The van der Waals surface area contributed by atoms with Crippen molar-refractivity contribution in [3.05, 3.63) is 28.3 Å². The number of hydrogen-bond donors (Lipinski definition) is 3. The van der Waals surface area contributed by atoms with E-state index in [1.165, 1.54) is 0 Å². The van der Waals surface area contributed by atoms with Crippen LogP contribution in [0.2, 0.25) is 0 Å². The zero-order valence-electron chi connectivity index (χ0n) is 11.7. The summed E-state index contributed by atoms with van der Waals surface area (Å²) < 4.78 is 26.9. The molecule has 1 unspecified atom stereocenters. The summed E-state index contributed by atoms with van der Waals surface area (Å²) in [5.74, 6) is 6.24. The Bertz CT molecular complexity index is 606. The molecule has 1 aromatic carbocycles. The minimum Gasteiger partial charge on any atom is -0.323 e. The SMILES string of the molecule is CSCC(C)CNS(=O)(=O)c1ccc([N+](=O)[O-])cc1NN. The Balaban J connectivity index is 3.00. The van der Waals surface area contributed by atoms with E-state index in [1.54, 1.807) is 11.8 Å². The summed E-state index contributed by atoms with van der Waals surface area (Å²) in [5.41, 5.74) is 1.92. The third kappa shape index (κ3) is 4.84. The van der Waals surface area contributed by atoms with Crippen LogP contribution in [0.25, 0.3) is 0 Å². The predicted molar refractivity (Wildman–Crippen MR) is 83.6 cm³/mol. The molecule has 0 saturated heterocycles. The molecule has 0 radical (unpaired) electrons. The lowest BCUT2D eigenvalue weighted by Gasteiger charge is -2.14. The number of non-ortho nitro benzene ring substituents is 1. The Morgan fingerprint density at radius 3 is 2.67 bits per heavy atom. The molecule has 0 spiro atoms. The van der Waals surface area contributed by atoms with Gasteiger partial charge in [-0.15, -0.1) is 0 Å². The monoisotopic (exact) mass is 334 g/mol. The van der Waals surface area contributed by atoms with Crippen LogP contribution in [0.5, 0.6) is 0 Å². The number of nitrogens with one attached hydrogen (secondary N) is 2. The molecule has 0 aliphatic rings. The van der Waals surface area contributed by atoms with Crippen LogP contribution in [0.15, 0.2) is 23.1 Å². The third-order valence-electron chi connectivity index (χ3n) is 2.69. The molecule has 21 heavy (non-hydrogen) atoms. The minimum absolute atomic E-state index is 0.0192. The Morgan fingerprint density at radius 2 is 2.14 bits per heavy atom. The molecule has 10 heteroatoms. The average Bonchev–Trinajstić information content (AvgIpc) is 2.44. The van der Waals surface area contributed by atoms with E-state index in [9.17, 15) is 18.5 Å². The fourth-order valence-electron chi connectivity index (χ4n) is 1.65. The second-order valence-electron chi connectivity index (χ2n) is 4.49. The first-order chi connectivity index (χ1) is 9.81. The van der Waals surface area contributed by atoms with Crippen molar-refractivity contribution in [3.63, 3.8) is 0 Å². The van der Waals surface area contributed by atoms with Crippen LogP contribution in [0, 0.1) is 16.0 Å². The number of nitrogens with zero attached hydrogens (tertiary/aromatic N) is 1. The van der Waals surface area contributed by atoms with E-state index in [-0.39, 0.29) is 28.7 Å². The largest absolute Gasteiger partial charge is 0.323 e. The molecule has 4 N–H and O–H groups in total. The minimum atomic E-state index is -3.78. The summed E-state index contributed by atoms with van der Waals surface area (Å²) in [6.45, 7) is 2.21. The number of nitro groups is 1. The summed E-state index contributed by atoms with van der Waals surface area (Å²) in [7, 11) is -3.78. The van der Waals surface area contributed by atoms with Crippen molar-refractivity contribution in [1.29, 1.82) is 0 Å². The van der Waals surface area contributed by atoms with Crippen LogP contribution < -0.4 is 16.0 Å². The van der Waals surface area contributed by atoms with Crippen LogP contribution in [0.1, 0.15) is 6.92 Å². The van der Waals surface area contributed by atoms with Crippen molar-refractivity contribution in [2.24, 2.45) is 11.8 Å². The zero-order chi connectivity index (χ0) is 16.0. The number of sulfonamides is 1. The van der Waals surface area contributed by atoms with Crippen LogP contribution >= 0.6 is 11.8 Å². The van der Waals surface area contributed by atoms with Gasteiger partial charge in [0.15, 0.2) is 0 Å². The quantitative estimate of drug-likeness (QED) is 0.370. The summed E-state index contributed by atoms with van der Waals surface area (Å²) in [6, 6.07) is 3.37. The van der Waals surface area contributed by atoms with Gasteiger partial charge in [-0.25, -0.2) is 13.1 Å². The van der Waals surface area contributed by atoms with Gasteiger partial charge in [-0.05, 0) is 24.0 Å². The van der Waals surface area contributed by atoms with Crippen molar-refractivity contribution >= 4 is 33.2 Å². The van der Waals surface area contributed by atoms with Gasteiger partial charge in [-0.3, -0.25) is 16.0 Å². The highest BCUT2D eigenvalue weighted by Gasteiger charge is 2.21. The van der Waals surface area contributed by atoms with Gasteiger partial charge in [-0.1, -0.05) is 6.92 Å². The van der Waals surface area contributed by atoms with Gasteiger partial charge in [0.05, 0.1) is 10.6 Å². The number of nitrogens with two attached hydrogens (primary N) is 1. The van der Waals surface area contributed by atoms with Gasteiger partial charge < -0.3 is 5.43 Å².